The van der Waals surface area contributed by atoms with Gasteiger partial charge in [-0.1, -0.05) is 11.3 Å². The van der Waals surface area contributed by atoms with E-state index in [2.05, 4.69) is 15.3 Å². The van der Waals surface area contributed by atoms with Gasteiger partial charge >= 0.3 is 0 Å². The van der Waals surface area contributed by atoms with Crippen LogP contribution in [0.25, 0.3) is 4.96 Å². The first kappa shape index (κ1) is 12.6. The first-order valence-electron chi connectivity index (χ1n) is 6.96. The van der Waals surface area contributed by atoms with Gasteiger partial charge in [-0.05, 0) is 12.8 Å². The van der Waals surface area contributed by atoms with Gasteiger partial charge in [0.05, 0.1) is 19.1 Å². The summed E-state index contributed by atoms with van der Waals surface area (Å²) in [7, 11) is 0. The summed E-state index contributed by atoms with van der Waals surface area (Å²) in [6, 6.07) is 0.0327. The maximum atomic E-state index is 6.06. The minimum absolute atomic E-state index is 0.0327. The van der Waals surface area contributed by atoms with Crippen molar-refractivity contribution in [2.45, 2.75) is 30.7 Å². The van der Waals surface area contributed by atoms with E-state index in [1.807, 2.05) is 4.52 Å². The molecule has 0 spiro atoms. The molecule has 108 valence electrons. The zero-order valence-electron chi connectivity index (χ0n) is 11.1. The zero-order chi connectivity index (χ0) is 13.5. The van der Waals surface area contributed by atoms with Crippen molar-refractivity contribution in [2.24, 2.45) is 5.73 Å². The van der Waals surface area contributed by atoms with Gasteiger partial charge in [0, 0.05) is 25.2 Å². The Balaban J connectivity index is 1.67. The molecule has 8 heteroatoms. The van der Waals surface area contributed by atoms with Gasteiger partial charge < -0.3 is 15.2 Å². The third-order valence-electron chi connectivity index (χ3n) is 4.06. The molecule has 2 atom stereocenters. The summed E-state index contributed by atoms with van der Waals surface area (Å²) in [5.41, 5.74) is 6.06. The second kappa shape index (κ2) is 5.03. The molecule has 2 N–H and O–H groups in total. The first-order chi connectivity index (χ1) is 9.83. The van der Waals surface area contributed by atoms with Gasteiger partial charge in [0.15, 0.2) is 5.82 Å². The molecule has 0 aromatic carbocycles. The lowest BCUT2D eigenvalue weighted by Crippen LogP contribution is -2.26. The van der Waals surface area contributed by atoms with Crippen molar-refractivity contribution in [3.63, 3.8) is 0 Å². The fraction of sp³-hybridized carbons (Fsp3) is 0.750. The molecule has 2 unspecified atom stereocenters. The standard InChI is InChI=1S/C12H17N5O2S/c13-9-6-19-5-8(9)11-16-17-10(14-15-12(17)20-11)7-1-3-18-4-2-7/h7-9H,1-6,13H2. The van der Waals surface area contributed by atoms with Crippen molar-refractivity contribution in [3.8, 4) is 0 Å². The highest BCUT2D eigenvalue weighted by Crippen LogP contribution is 2.31. The Labute approximate surface area is 120 Å². The van der Waals surface area contributed by atoms with Gasteiger partial charge in [0.2, 0.25) is 4.96 Å². The SMILES string of the molecule is NC1COCC1c1nn2c(C3CCOCC3)nnc2s1. The second-order valence-electron chi connectivity index (χ2n) is 5.39. The molecule has 20 heavy (non-hydrogen) atoms. The van der Waals surface area contributed by atoms with E-state index in [9.17, 15) is 0 Å². The third kappa shape index (κ3) is 2.03. The molecule has 2 fully saturated rings. The van der Waals surface area contributed by atoms with Crippen LogP contribution in [-0.4, -0.2) is 52.3 Å². The maximum absolute atomic E-state index is 6.06. The number of hydrogen-bond acceptors (Lipinski definition) is 7. The van der Waals surface area contributed by atoms with Crippen molar-refractivity contribution in [2.75, 3.05) is 26.4 Å². The number of hydrogen-bond donors (Lipinski definition) is 1. The van der Waals surface area contributed by atoms with Crippen LogP contribution in [0.15, 0.2) is 0 Å². The molecule has 0 aliphatic carbocycles. The van der Waals surface area contributed by atoms with Crippen LogP contribution in [0.3, 0.4) is 0 Å². The maximum Gasteiger partial charge on any atom is 0.234 e. The van der Waals surface area contributed by atoms with Crippen molar-refractivity contribution in [1.29, 1.82) is 0 Å². The Kier molecular flexibility index (Phi) is 3.18. The van der Waals surface area contributed by atoms with E-state index in [4.69, 9.17) is 15.2 Å². The molecule has 4 heterocycles. The molecule has 7 nitrogen and oxygen atoms in total. The summed E-state index contributed by atoms with van der Waals surface area (Å²) < 4.78 is 12.7. The van der Waals surface area contributed by atoms with E-state index in [1.54, 1.807) is 11.3 Å². The summed E-state index contributed by atoms with van der Waals surface area (Å²) in [5, 5.41) is 14.3. The van der Waals surface area contributed by atoms with Crippen molar-refractivity contribution in [1.82, 2.24) is 19.8 Å². The molecule has 0 radical (unpaired) electrons. The normalized spacial score (nSPS) is 28.4. The van der Waals surface area contributed by atoms with Crippen molar-refractivity contribution in [3.05, 3.63) is 10.8 Å². The lowest BCUT2D eigenvalue weighted by molar-refractivity contribution is 0.0831. The first-order valence-corrected chi connectivity index (χ1v) is 7.77. The third-order valence-corrected chi connectivity index (χ3v) is 5.09. The molecular weight excluding hydrogens is 278 g/mol. The van der Waals surface area contributed by atoms with E-state index >= 15 is 0 Å². The van der Waals surface area contributed by atoms with E-state index in [-0.39, 0.29) is 12.0 Å². The lowest BCUT2D eigenvalue weighted by atomic mass is 10.00. The average Bonchev–Trinajstić information content (AvgIpc) is 3.13. The smallest absolute Gasteiger partial charge is 0.234 e. The Bertz CT molecular complexity index is 606. The number of ether oxygens (including phenoxy) is 2. The molecule has 2 aromatic heterocycles. The van der Waals surface area contributed by atoms with Gasteiger partial charge in [-0.3, -0.25) is 0 Å². The minimum atomic E-state index is 0.0327. The summed E-state index contributed by atoms with van der Waals surface area (Å²) in [4.78, 5) is 0.848. The molecular formula is C12H17N5O2S. The Morgan fingerprint density at radius 1 is 1.15 bits per heavy atom. The molecule has 4 rings (SSSR count). The molecule has 0 bridgehead atoms. The van der Waals surface area contributed by atoms with Crippen molar-refractivity contribution >= 4 is 16.3 Å². The quantitative estimate of drug-likeness (QED) is 0.869. The van der Waals surface area contributed by atoms with Crippen LogP contribution in [0.2, 0.25) is 0 Å². The van der Waals surface area contributed by atoms with E-state index in [1.165, 1.54) is 0 Å². The van der Waals surface area contributed by atoms with Crippen molar-refractivity contribution < 1.29 is 9.47 Å². The van der Waals surface area contributed by atoms with E-state index < -0.39 is 0 Å². The molecule has 2 aliphatic heterocycles. The number of rotatable bonds is 2. The number of aromatic nitrogens is 4. The predicted octanol–water partition coefficient (Wildman–Crippen LogP) is 0.521. The average molecular weight is 295 g/mol. The number of nitrogens with two attached hydrogens (primary N) is 1. The molecule has 2 aromatic rings. The van der Waals surface area contributed by atoms with Gasteiger partial charge in [-0.15, -0.1) is 10.2 Å². The fourth-order valence-electron chi connectivity index (χ4n) is 2.83. The van der Waals surface area contributed by atoms with E-state index in [0.29, 0.717) is 19.1 Å². The predicted molar refractivity (Wildman–Crippen MR) is 73.0 cm³/mol. The summed E-state index contributed by atoms with van der Waals surface area (Å²) >= 11 is 1.57. The highest BCUT2D eigenvalue weighted by Gasteiger charge is 2.31. The Morgan fingerprint density at radius 2 is 2.00 bits per heavy atom. The highest BCUT2D eigenvalue weighted by atomic mass is 32.1. The highest BCUT2D eigenvalue weighted by molar-refractivity contribution is 7.16. The van der Waals surface area contributed by atoms with Gasteiger partial charge in [0.1, 0.15) is 5.01 Å². The van der Waals surface area contributed by atoms with Crippen LogP contribution in [-0.2, 0) is 9.47 Å². The topological polar surface area (TPSA) is 87.6 Å². The number of nitrogens with zero attached hydrogens (tertiary/aromatic N) is 4. The van der Waals surface area contributed by atoms with Crippen LogP contribution in [0.5, 0.6) is 0 Å². The minimum Gasteiger partial charge on any atom is -0.381 e. The summed E-state index contributed by atoms with van der Waals surface area (Å²) in [6.07, 6.45) is 1.97. The molecule has 2 aliphatic rings. The Hall–Kier alpha value is -1.09. The monoisotopic (exact) mass is 295 g/mol. The van der Waals surface area contributed by atoms with Crippen LogP contribution >= 0.6 is 11.3 Å². The molecule has 0 saturated carbocycles. The lowest BCUT2D eigenvalue weighted by Gasteiger charge is -2.19. The van der Waals surface area contributed by atoms with Gasteiger partial charge in [-0.25, -0.2) is 0 Å². The summed E-state index contributed by atoms with van der Waals surface area (Å²) in [6.45, 7) is 2.84. The fourth-order valence-corrected chi connectivity index (χ4v) is 3.84. The number of fused-ring (bicyclic) bond motifs is 1. The largest absolute Gasteiger partial charge is 0.381 e. The Morgan fingerprint density at radius 3 is 2.75 bits per heavy atom. The van der Waals surface area contributed by atoms with Crippen LogP contribution < -0.4 is 5.73 Å². The van der Waals surface area contributed by atoms with Crippen LogP contribution in [0.4, 0.5) is 0 Å². The second-order valence-corrected chi connectivity index (χ2v) is 6.37. The van der Waals surface area contributed by atoms with E-state index in [0.717, 1.165) is 41.8 Å². The van der Waals surface area contributed by atoms with Gasteiger partial charge in [0.25, 0.3) is 0 Å². The molecule has 0 amide bonds. The van der Waals surface area contributed by atoms with Crippen LogP contribution in [0, 0.1) is 0 Å². The van der Waals surface area contributed by atoms with Gasteiger partial charge in [-0.2, -0.15) is 9.61 Å². The zero-order valence-corrected chi connectivity index (χ0v) is 11.9. The molecule has 2 saturated heterocycles. The summed E-state index contributed by atoms with van der Waals surface area (Å²) in [5.74, 6) is 1.53. The van der Waals surface area contributed by atoms with Crippen LogP contribution in [0.1, 0.15) is 35.5 Å².